The summed E-state index contributed by atoms with van der Waals surface area (Å²) in [6, 6.07) is 1.62. The fraction of sp³-hybridized carbons (Fsp3) is 0.700. The predicted molar refractivity (Wildman–Crippen MR) is 56.0 cm³/mol. The van der Waals surface area contributed by atoms with Crippen LogP contribution in [0.4, 0.5) is 19.0 Å². The van der Waals surface area contributed by atoms with E-state index in [0.29, 0.717) is 5.69 Å². The largest absolute Gasteiger partial charge is 0.390 e. The highest BCUT2D eigenvalue weighted by Gasteiger charge is 2.27. The maximum atomic E-state index is 12.0. The van der Waals surface area contributed by atoms with Crippen molar-refractivity contribution >= 4 is 5.82 Å². The summed E-state index contributed by atoms with van der Waals surface area (Å²) in [6.07, 6.45) is -5.09. The lowest BCUT2D eigenvalue weighted by Crippen LogP contribution is -2.16. The Kier molecular flexibility index (Phi) is 3.21. The zero-order valence-corrected chi connectivity index (χ0v) is 9.60. The average Bonchev–Trinajstić information content (AvgIpc) is 2.41. The van der Waals surface area contributed by atoms with Crippen molar-refractivity contribution in [1.29, 1.82) is 0 Å². The van der Waals surface area contributed by atoms with Gasteiger partial charge in [-0.25, -0.2) is 4.68 Å². The molecule has 1 rings (SSSR count). The molecule has 0 saturated carbocycles. The van der Waals surface area contributed by atoms with Crippen LogP contribution in [0.1, 0.15) is 32.9 Å². The number of halogens is 3. The number of aromatic nitrogens is 2. The minimum Gasteiger partial charge on any atom is -0.384 e. The zero-order valence-electron chi connectivity index (χ0n) is 9.60. The first kappa shape index (κ1) is 12.9. The lowest BCUT2D eigenvalue weighted by atomic mass is 9.92. The highest BCUT2D eigenvalue weighted by molar-refractivity contribution is 5.33. The van der Waals surface area contributed by atoms with Gasteiger partial charge < -0.3 is 5.73 Å². The maximum Gasteiger partial charge on any atom is 0.390 e. The minimum atomic E-state index is -4.18. The molecule has 0 spiro atoms. The molecule has 0 aromatic carbocycles. The van der Waals surface area contributed by atoms with E-state index in [1.165, 1.54) is 4.68 Å². The topological polar surface area (TPSA) is 43.8 Å². The predicted octanol–water partition coefficient (Wildman–Crippen LogP) is 2.72. The molecular weight excluding hydrogens is 219 g/mol. The summed E-state index contributed by atoms with van der Waals surface area (Å²) in [7, 11) is 0. The van der Waals surface area contributed by atoms with Gasteiger partial charge in [-0.3, -0.25) is 0 Å². The molecule has 0 aliphatic heterocycles. The SMILES string of the molecule is CC(C)(C)c1cc(N)n(CCC(F)(F)F)n1. The van der Waals surface area contributed by atoms with Crippen LogP contribution < -0.4 is 5.73 Å². The van der Waals surface area contributed by atoms with Gasteiger partial charge in [-0.15, -0.1) is 0 Å². The van der Waals surface area contributed by atoms with E-state index < -0.39 is 12.6 Å². The molecule has 0 saturated heterocycles. The monoisotopic (exact) mass is 235 g/mol. The van der Waals surface area contributed by atoms with Crippen LogP contribution >= 0.6 is 0 Å². The summed E-state index contributed by atoms with van der Waals surface area (Å²) in [6.45, 7) is 5.57. The maximum absolute atomic E-state index is 12.0. The Morgan fingerprint density at radius 3 is 2.25 bits per heavy atom. The van der Waals surface area contributed by atoms with E-state index in [-0.39, 0.29) is 17.8 Å². The van der Waals surface area contributed by atoms with Gasteiger partial charge >= 0.3 is 6.18 Å². The second kappa shape index (κ2) is 3.99. The molecule has 0 atom stereocenters. The third-order valence-electron chi connectivity index (χ3n) is 2.19. The molecule has 0 aliphatic rings. The van der Waals surface area contributed by atoms with E-state index in [0.717, 1.165) is 0 Å². The van der Waals surface area contributed by atoms with Gasteiger partial charge in [0, 0.05) is 11.5 Å². The minimum absolute atomic E-state index is 0.211. The summed E-state index contributed by atoms with van der Waals surface area (Å²) < 4.78 is 37.3. The van der Waals surface area contributed by atoms with E-state index in [9.17, 15) is 13.2 Å². The normalized spacial score (nSPS) is 13.1. The molecule has 1 aromatic heterocycles. The summed E-state index contributed by atoms with van der Waals surface area (Å²) in [5, 5.41) is 4.08. The molecule has 0 bridgehead atoms. The fourth-order valence-electron chi connectivity index (χ4n) is 1.21. The Balaban J connectivity index is 2.79. The number of nitrogen functional groups attached to an aromatic ring is 1. The first-order valence-corrected chi connectivity index (χ1v) is 5.00. The Hall–Kier alpha value is -1.20. The standard InChI is InChI=1S/C10H16F3N3/c1-9(2,3)7-6-8(14)16(15-7)5-4-10(11,12)13/h6H,4-5,14H2,1-3H3. The van der Waals surface area contributed by atoms with E-state index in [1.807, 2.05) is 20.8 Å². The number of nitrogens with zero attached hydrogens (tertiary/aromatic N) is 2. The van der Waals surface area contributed by atoms with E-state index in [1.54, 1.807) is 6.07 Å². The third-order valence-corrected chi connectivity index (χ3v) is 2.19. The van der Waals surface area contributed by atoms with Crippen LogP contribution in [0, 0.1) is 0 Å². The zero-order chi connectivity index (χ0) is 12.6. The Labute approximate surface area is 92.4 Å². The number of hydrogen-bond donors (Lipinski definition) is 1. The van der Waals surface area contributed by atoms with Crippen LogP contribution in [-0.2, 0) is 12.0 Å². The number of rotatable bonds is 2. The molecule has 0 unspecified atom stereocenters. The van der Waals surface area contributed by atoms with Crippen molar-refractivity contribution in [1.82, 2.24) is 9.78 Å². The van der Waals surface area contributed by atoms with Gasteiger partial charge in [0.1, 0.15) is 5.82 Å². The van der Waals surface area contributed by atoms with Gasteiger partial charge in [-0.05, 0) is 0 Å². The van der Waals surface area contributed by atoms with Gasteiger partial charge in [0.05, 0.1) is 18.7 Å². The van der Waals surface area contributed by atoms with Gasteiger partial charge in [0.15, 0.2) is 0 Å². The van der Waals surface area contributed by atoms with Crippen molar-refractivity contribution in [3.8, 4) is 0 Å². The molecule has 1 heterocycles. The highest BCUT2D eigenvalue weighted by atomic mass is 19.4. The first-order chi connectivity index (χ1) is 7.09. The molecule has 0 aliphatic carbocycles. The number of aryl methyl sites for hydroxylation is 1. The van der Waals surface area contributed by atoms with Crippen molar-refractivity contribution < 1.29 is 13.2 Å². The number of alkyl halides is 3. The van der Waals surface area contributed by atoms with Crippen LogP contribution in [0.25, 0.3) is 0 Å². The van der Waals surface area contributed by atoms with Crippen LogP contribution in [0.3, 0.4) is 0 Å². The summed E-state index contributed by atoms with van der Waals surface area (Å²) in [4.78, 5) is 0. The van der Waals surface area contributed by atoms with Crippen molar-refractivity contribution in [2.24, 2.45) is 0 Å². The van der Waals surface area contributed by atoms with E-state index in [2.05, 4.69) is 5.10 Å². The van der Waals surface area contributed by atoms with Crippen LogP contribution in [0.5, 0.6) is 0 Å². The van der Waals surface area contributed by atoms with Crippen molar-refractivity contribution in [2.75, 3.05) is 5.73 Å². The van der Waals surface area contributed by atoms with Gasteiger partial charge in [0.2, 0.25) is 0 Å². The van der Waals surface area contributed by atoms with Crippen LogP contribution in [-0.4, -0.2) is 16.0 Å². The summed E-state index contributed by atoms with van der Waals surface area (Å²) in [5.74, 6) is 0.272. The van der Waals surface area contributed by atoms with E-state index in [4.69, 9.17) is 5.73 Å². The fourth-order valence-corrected chi connectivity index (χ4v) is 1.21. The van der Waals surface area contributed by atoms with Gasteiger partial charge in [-0.1, -0.05) is 20.8 Å². The summed E-state index contributed by atoms with van der Waals surface area (Å²) in [5.41, 5.74) is 6.09. The lowest BCUT2D eigenvalue weighted by molar-refractivity contribution is -0.137. The van der Waals surface area contributed by atoms with Gasteiger partial charge in [-0.2, -0.15) is 18.3 Å². The molecule has 0 fully saturated rings. The molecule has 6 heteroatoms. The average molecular weight is 235 g/mol. The quantitative estimate of drug-likeness (QED) is 0.856. The molecule has 0 radical (unpaired) electrons. The Morgan fingerprint density at radius 1 is 1.31 bits per heavy atom. The van der Waals surface area contributed by atoms with Crippen molar-refractivity contribution in [2.45, 2.75) is 45.3 Å². The molecule has 2 N–H and O–H groups in total. The summed E-state index contributed by atoms with van der Waals surface area (Å²) >= 11 is 0. The highest BCUT2D eigenvalue weighted by Crippen LogP contribution is 2.25. The molecular formula is C10H16F3N3. The molecule has 3 nitrogen and oxygen atoms in total. The molecule has 1 aromatic rings. The van der Waals surface area contributed by atoms with Crippen molar-refractivity contribution in [3.63, 3.8) is 0 Å². The number of hydrogen-bond acceptors (Lipinski definition) is 2. The second-order valence-corrected chi connectivity index (χ2v) is 4.79. The first-order valence-electron chi connectivity index (χ1n) is 5.00. The van der Waals surface area contributed by atoms with Gasteiger partial charge in [0.25, 0.3) is 0 Å². The molecule has 0 amide bonds. The molecule has 92 valence electrons. The van der Waals surface area contributed by atoms with Crippen LogP contribution in [0.15, 0.2) is 6.07 Å². The number of anilines is 1. The van der Waals surface area contributed by atoms with E-state index >= 15 is 0 Å². The number of nitrogens with two attached hydrogens (primary N) is 1. The molecule has 16 heavy (non-hydrogen) atoms. The lowest BCUT2D eigenvalue weighted by Gasteiger charge is -2.14. The smallest absolute Gasteiger partial charge is 0.384 e. The second-order valence-electron chi connectivity index (χ2n) is 4.79. The van der Waals surface area contributed by atoms with Crippen molar-refractivity contribution in [3.05, 3.63) is 11.8 Å². The Morgan fingerprint density at radius 2 is 1.88 bits per heavy atom. The Bertz CT molecular complexity index is 360. The van der Waals surface area contributed by atoms with Crippen LogP contribution in [0.2, 0.25) is 0 Å². The third kappa shape index (κ3) is 3.43.